The summed E-state index contributed by atoms with van der Waals surface area (Å²) in [4.78, 5) is 0. The van der Waals surface area contributed by atoms with Crippen LogP contribution in [0.5, 0.6) is 0 Å². The summed E-state index contributed by atoms with van der Waals surface area (Å²) in [6, 6.07) is 0. The lowest BCUT2D eigenvalue weighted by atomic mass is 10.5. The Morgan fingerprint density at radius 2 is 1.54 bits per heavy atom. The Hall–Kier alpha value is -0.900. The van der Waals surface area contributed by atoms with E-state index in [1.54, 1.807) is 12.2 Å². The maximum atomic E-state index is 5.31. The van der Waals surface area contributed by atoms with Gasteiger partial charge in [-0.1, -0.05) is 12.2 Å². The van der Waals surface area contributed by atoms with E-state index in [1.165, 1.54) is 0 Å². The Kier molecular flexibility index (Phi) is 4.46. The third kappa shape index (κ3) is 3.55. The minimum atomic E-state index is -0.312. The molecular formula is C10H14O3. The van der Waals surface area contributed by atoms with Gasteiger partial charge in [-0.3, -0.25) is 0 Å². The van der Waals surface area contributed by atoms with Crippen molar-refractivity contribution in [1.29, 1.82) is 0 Å². The summed E-state index contributed by atoms with van der Waals surface area (Å²) >= 11 is 0. The number of hydrogen-bond acceptors (Lipinski definition) is 3. The van der Waals surface area contributed by atoms with Crippen molar-refractivity contribution in [3.63, 3.8) is 0 Å². The fourth-order valence-corrected chi connectivity index (χ4v) is 0.920. The van der Waals surface area contributed by atoms with Gasteiger partial charge in [0, 0.05) is 0 Å². The van der Waals surface area contributed by atoms with Crippen molar-refractivity contribution in [2.75, 3.05) is 13.2 Å². The van der Waals surface area contributed by atoms with Crippen molar-refractivity contribution in [3.05, 3.63) is 37.5 Å². The van der Waals surface area contributed by atoms with Crippen LogP contribution in [0.1, 0.15) is 0 Å². The molecule has 0 N–H and O–H groups in total. The molecule has 0 unspecified atom stereocenters. The average Bonchev–Trinajstić information content (AvgIpc) is 2.59. The van der Waals surface area contributed by atoms with Crippen molar-refractivity contribution in [3.8, 4) is 0 Å². The van der Waals surface area contributed by atoms with Crippen molar-refractivity contribution in [1.82, 2.24) is 0 Å². The van der Waals surface area contributed by atoms with Gasteiger partial charge in [-0.25, -0.2) is 0 Å². The molecule has 0 bridgehead atoms. The molecule has 0 aromatic heterocycles. The van der Waals surface area contributed by atoms with Gasteiger partial charge in [-0.05, 0) is 12.2 Å². The van der Waals surface area contributed by atoms with Gasteiger partial charge in [-0.15, -0.1) is 13.2 Å². The molecule has 0 saturated carbocycles. The normalized spacial score (nSPS) is 26.2. The van der Waals surface area contributed by atoms with Crippen LogP contribution in [-0.4, -0.2) is 25.8 Å². The fourth-order valence-electron chi connectivity index (χ4n) is 0.920. The Labute approximate surface area is 78.3 Å². The first-order chi connectivity index (χ1) is 6.36. The van der Waals surface area contributed by atoms with E-state index < -0.39 is 0 Å². The number of rotatable bonds is 6. The van der Waals surface area contributed by atoms with Crippen LogP contribution in [0.4, 0.5) is 0 Å². The molecular weight excluding hydrogens is 168 g/mol. The molecule has 2 atom stereocenters. The molecule has 3 heteroatoms. The van der Waals surface area contributed by atoms with Gasteiger partial charge in [0.25, 0.3) is 0 Å². The summed E-state index contributed by atoms with van der Waals surface area (Å²) in [5, 5.41) is 0. The first-order valence-electron chi connectivity index (χ1n) is 4.15. The lowest BCUT2D eigenvalue weighted by Crippen LogP contribution is -2.18. The third-order valence-electron chi connectivity index (χ3n) is 1.45. The molecule has 0 amide bonds. The Bertz CT molecular complexity index is 178. The maximum absolute atomic E-state index is 5.31. The monoisotopic (exact) mass is 182 g/mol. The third-order valence-corrected chi connectivity index (χ3v) is 1.45. The summed E-state index contributed by atoms with van der Waals surface area (Å²) in [7, 11) is 0. The average molecular weight is 182 g/mol. The number of hydrogen-bond donors (Lipinski definition) is 0. The molecule has 72 valence electrons. The second-order valence-corrected chi connectivity index (χ2v) is 2.50. The van der Waals surface area contributed by atoms with Gasteiger partial charge >= 0.3 is 0 Å². The molecule has 3 nitrogen and oxygen atoms in total. The van der Waals surface area contributed by atoms with E-state index in [-0.39, 0.29) is 12.6 Å². The van der Waals surface area contributed by atoms with Gasteiger partial charge < -0.3 is 14.2 Å². The van der Waals surface area contributed by atoms with Gasteiger partial charge in [0.1, 0.15) is 0 Å². The smallest absolute Gasteiger partial charge is 0.180 e. The van der Waals surface area contributed by atoms with Gasteiger partial charge in [0.05, 0.1) is 13.2 Å². The Morgan fingerprint density at radius 3 is 1.92 bits per heavy atom. The van der Waals surface area contributed by atoms with Crippen molar-refractivity contribution in [2.24, 2.45) is 0 Å². The first-order valence-corrected chi connectivity index (χ1v) is 4.15. The van der Waals surface area contributed by atoms with Crippen LogP contribution < -0.4 is 0 Å². The highest BCUT2D eigenvalue weighted by atomic mass is 16.8. The zero-order valence-corrected chi connectivity index (χ0v) is 7.52. The minimum absolute atomic E-state index is 0.312. The molecule has 13 heavy (non-hydrogen) atoms. The highest BCUT2D eigenvalue weighted by Gasteiger charge is 2.18. The van der Waals surface area contributed by atoms with Gasteiger partial charge in [0.15, 0.2) is 12.6 Å². The summed E-state index contributed by atoms with van der Waals surface area (Å²) in [5.41, 5.74) is 0. The van der Waals surface area contributed by atoms with E-state index in [0.29, 0.717) is 13.2 Å². The molecule has 0 saturated heterocycles. The van der Waals surface area contributed by atoms with Crippen molar-refractivity contribution in [2.45, 2.75) is 12.6 Å². The molecule has 0 aromatic rings. The quantitative estimate of drug-likeness (QED) is 0.584. The molecule has 0 fully saturated rings. The lowest BCUT2D eigenvalue weighted by molar-refractivity contribution is -0.185. The first kappa shape index (κ1) is 10.2. The summed E-state index contributed by atoms with van der Waals surface area (Å²) in [6.45, 7) is 8.03. The Morgan fingerprint density at radius 1 is 1.08 bits per heavy atom. The highest BCUT2D eigenvalue weighted by molar-refractivity contribution is 4.95. The van der Waals surface area contributed by atoms with Crippen LogP contribution in [0, 0.1) is 0 Å². The molecule has 1 aliphatic heterocycles. The topological polar surface area (TPSA) is 27.7 Å². The van der Waals surface area contributed by atoms with Crippen molar-refractivity contribution >= 4 is 0 Å². The highest BCUT2D eigenvalue weighted by Crippen LogP contribution is 2.13. The standard InChI is InChI=1S/C10H14O3/c1-3-7-11-9-5-6-10(13-9)12-8-4-2/h3-6,9-10H,1-2,7-8H2/t9-,10-/m0/s1. The largest absolute Gasteiger partial charge is 0.345 e. The van der Waals surface area contributed by atoms with E-state index in [2.05, 4.69) is 13.2 Å². The maximum Gasteiger partial charge on any atom is 0.180 e. The van der Waals surface area contributed by atoms with E-state index in [0.717, 1.165) is 0 Å². The zero-order chi connectivity index (χ0) is 9.52. The summed E-state index contributed by atoms with van der Waals surface area (Å²) in [6.07, 6.45) is 6.36. The van der Waals surface area contributed by atoms with E-state index in [9.17, 15) is 0 Å². The molecule has 0 radical (unpaired) electrons. The van der Waals surface area contributed by atoms with Crippen LogP contribution in [0.25, 0.3) is 0 Å². The van der Waals surface area contributed by atoms with Crippen LogP contribution in [0.15, 0.2) is 37.5 Å². The van der Waals surface area contributed by atoms with Crippen LogP contribution in [0.2, 0.25) is 0 Å². The van der Waals surface area contributed by atoms with Crippen LogP contribution >= 0.6 is 0 Å². The molecule has 0 aliphatic carbocycles. The van der Waals surface area contributed by atoms with Crippen molar-refractivity contribution < 1.29 is 14.2 Å². The summed E-state index contributed by atoms with van der Waals surface area (Å²) < 4.78 is 15.8. The van der Waals surface area contributed by atoms with Crippen LogP contribution in [0.3, 0.4) is 0 Å². The second-order valence-electron chi connectivity index (χ2n) is 2.50. The summed E-state index contributed by atoms with van der Waals surface area (Å²) in [5.74, 6) is 0. The predicted molar refractivity (Wildman–Crippen MR) is 50.1 cm³/mol. The molecule has 1 heterocycles. The fraction of sp³-hybridized carbons (Fsp3) is 0.400. The van der Waals surface area contributed by atoms with Crippen LogP contribution in [-0.2, 0) is 14.2 Å². The SMILES string of the molecule is C=CCO[C@@H]1C=C[C@@H](OCC=C)O1. The van der Waals surface area contributed by atoms with Gasteiger partial charge in [0.2, 0.25) is 0 Å². The van der Waals surface area contributed by atoms with E-state index in [4.69, 9.17) is 14.2 Å². The lowest BCUT2D eigenvalue weighted by Gasteiger charge is -2.13. The van der Waals surface area contributed by atoms with E-state index >= 15 is 0 Å². The molecule has 0 spiro atoms. The van der Waals surface area contributed by atoms with Gasteiger partial charge in [-0.2, -0.15) is 0 Å². The molecule has 0 aromatic carbocycles. The van der Waals surface area contributed by atoms with E-state index in [1.807, 2.05) is 12.2 Å². The molecule has 1 aliphatic rings. The Balaban J connectivity index is 2.17. The predicted octanol–water partition coefficient (Wildman–Crippen LogP) is 1.63. The second kappa shape index (κ2) is 5.70. The molecule has 1 rings (SSSR count). The number of ether oxygens (including phenoxy) is 3. The minimum Gasteiger partial charge on any atom is -0.345 e. The zero-order valence-electron chi connectivity index (χ0n) is 7.52.